The molecule has 0 aliphatic carbocycles. The molecule has 0 aliphatic heterocycles. The molecule has 1 N–H and O–H groups in total. The normalized spacial score (nSPS) is 11.6. The number of alkyl halides is 3. The van der Waals surface area contributed by atoms with E-state index in [0.29, 0.717) is 10.6 Å². The summed E-state index contributed by atoms with van der Waals surface area (Å²) in [4.78, 5) is 5.40. The minimum Gasteiger partial charge on any atom is -0.335 e. The van der Waals surface area contributed by atoms with Crippen LogP contribution in [0.15, 0.2) is 24.3 Å². The van der Waals surface area contributed by atoms with E-state index in [-0.39, 0.29) is 15.4 Å². The largest absolute Gasteiger partial charge is 0.449 e. The fourth-order valence-corrected chi connectivity index (χ4v) is 2.04. The average Bonchev–Trinajstić information content (AvgIpc) is 2.30. The van der Waals surface area contributed by atoms with Crippen LogP contribution in [0.25, 0.3) is 11.3 Å². The van der Waals surface area contributed by atoms with Crippen molar-refractivity contribution in [3.63, 3.8) is 0 Å². The van der Waals surface area contributed by atoms with Gasteiger partial charge in [-0.25, -0.2) is 4.98 Å². The van der Waals surface area contributed by atoms with Gasteiger partial charge < -0.3 is 4.98 Å². The Bertz CT molecular complexity index is 682. The van der Waals surface area contributed by atoms with Gasteiger partial charge in [0.15, 0.2) is 0 Å². The maximum Gasteiger partial charge on any atom is 0.449 e. The van der Waals surface area contributed by atoms with Gasteiger partial charge in [-0.1, -0.05) is 35.4 Å². The first kappa shape index (κ1) is 14.3. The molecule has 0 spiro atoms. The van der Waals surface area contributed by atoms with Gasteiger partial charge in [-0.15, -0.1) is 0 Å². The standard InChI is InChI=1S/C11H5Cl2F3N2S/c12-5-1-2-7(13)6(3-5)8-4-9(19)18-10(17-8)11(14,15)16/h1-4H,(H,17,18,19). The lowest BCUT2D eigenvalue weighted by atomic mass is 10.1. The first-order valence-electron chi connectivity index (χ1n) is 4.91. The van der Waals surface area contributed by atoms with E-state index >= 15 is 0 Å². The van der Waals surface area contributed by atoms with Crippen molar-refractivity contribution in [2.45, 2.75) is 6.18 Å². The summed E-state index contributed by atoms with van der Waals surface area (Å²) in [5, 5.41) is 0.610. The lowest BCUT2D eigenvalue weighted by molar-refractivity contribution is -0.144. The second-order valence-electron chi connectivity index (χ2n) is 3.60. The van der Waals surface area contributed by atoms with Crippen molar-refractivity contribution in [2.75, 3.05) is 0 Å². The molecule has 0 fully saturated rings. The second-order valence-corrected chi connectivity index (χ2v) is 4.87. The van der Waals surface area contributed by atoms with E-state index in [1.54, 1.807) is 0 Å². The summed E-state index contributed by atoms with van der Waals surface area (Å²) in [6.07, 6.45) is -4.62. The highest BCUT2D eigenvalue weighted by atomic mass is 35.5. The summed E-state index contributed by atoms with van der Waals surface area (Å²) in [5.41, 5.74) is 0.438. The predicted molar refractivity (Wildman–Crippen MR) is 69.9 cm³/mol. The van der Waals surface area contributed by atoms with Gasteiger partial charge in [0.25, 0.3) is 0 Å². The summed E-state index contributed by atoms with van der Waals surface area (Å²) < 4.78 is 37.7. The zero-order chi connectivity index (χ0) is 14.2. The van der Waals surface area contributed by atoms with E-state index in [1.807, 2.05) is 0 Å². The molecule has 0 amide bonds. The average molecular weight is 325 g/mol. The lowest BCUT2D eigenvalue weighted by Gasteiger charge is -2.10. The van der Waals surface area contributed by atoms with Gasteiger partial charge in [0.2, 0.25) is 5.82 Å². The van der Waals surface area contributed by atoms with Crippen LogP contribution in [0, 0.1) is 4.64 Å². The van der Waals surface area contributed by atoms with Crippen molar-refractivity contribution in [3.8, 4) is 11.3 Å². The van der Waals surface area contributed by atoms with Crippen LogP contribution in [0.2, 0.25) is 10.0 Å². The molecule has 2 rings (SSSR count). The third-order valence-electron chi connectivity index (χ3n) is 2.23. The van der Waals surface area contributed by atoms with Crippen LogP contribution in [0.3, 0.4) is 0 Å². The molecular weight excluding hydrogens is 320 g/mol. The summed E-state index contributed by atoms with van der Waals surface area (Å²) >= 11 is 16.5. The first-order valence-corrected chi connectivity index (χ1v) is 6.08. The molecule has 19 heavy (non-hydrogen) atoms. The van der Waals surface area contributed by atoms with Crippen molar-refractivity contribution < 1.29 is 13.2 Å². The Morgan fingerprint density at radius 2 is 1.84 bits per heavy atom. The molecule has 8 heteroatoms. The summed E-state index contributed by atoms with van der Waals surface area (Å²) in [5.74, 6) is -1.17. The maximum absolute atomic E-state index is 12.6. The Balaban J connectivity index is 2.66. The lowest BCUT2D eigenvalue weighted by Crippen LogP contribution is -2.11. The SMILES string of the molecule is FC(F)(F)c1nc(=S)cc(-c2cc(Cl)ccc2Cl)[nH]1. The Labute approximate surface area is 121 Å². The molecule has 1 heterocycles. The summed E-state index contributed by atoms with van der Waals surface area (Å²) in [7, 11) is 0. The molecule has 0 radical (unpaired) electrons. The van der Waals surface area contributed by atoms with Crippen LogP contribution in [0.1, 0.15) is 5.82 Å². The van der Waals surface area contributed by atoms with Gasteiger partial charge in [-0.2, -0.15) is 13.2 Å². The van der Waals surface area contributed by atoms with E-state index < -0.39 is 12.0 Å². The highest BCUT2D eigenvalue weighted by Gasteiger charge is 2.34. The number of H-pyrrole nitrogens is 1. The van der Waals surface area contributed by atoms with Crippen molar-refractivity contribution in [3.05, 3.63) is 44.8 Å². The molecule has 1 aromatic carbocycles. The maximum atomic E-state index is 12.6. The quantitative estimate of drug-likeness (QED) is 0.736. The summed E-state index contributed by atoms with van der Waals surface area (Å²) in [6.45, 7) is 0. The Morgan fingerprint density at radius 1 is 1.16 bits per heavy atom. The Kier molecular flexibility index (Phi) is 3.85. The predicted octanol–water partition coefficient (Wildman–Crippen LogP) is 5.13. The number of hydrogen-bond acceptors (Lipinski definition) is 2. The molecule has 0 bridgehead atoms. The molecule has 0 saturated carbocycles. The highest BCUT2D eigenvalue weighted by Crippen LogP contribution is 2.32. The molecule has 2 aromatic rings. The van der Waals surface area contributed by atoms with Gasteiger partial charge in [0, 0.05) is 15.6 Å². The molecular formula is C11H5Cl2F3N2S. The molecule has 0 atom stereocenters. The third-order valence-corrected chi connectivity index (χ3v) is 3.00. The van der Waals surface area contributed by atoms with Crippen LogP contribution in [0.5, 0.6) is 0 Å². The fourth-order valence-electron chi connectivity index (χ4n) is 1.44. The number of benzene rings is 1. The van der Waals surface area contributed by atoms with Gasteiger partial charge in [-0.05, 0) is 24.3 Å². The monoisotopic (exact) mass is 324 g/mol. The van der Waals surface area contributed by atoms with Crippen LogP contribution in [0.4, 0.5) is 13.2 Å². The molecule has 0 saturated heterocycles. The number of nitrogens with zero attached hydrogens (tertiary/aromatic N) is 1. The highest BCUT2D eigenvalue weighted by molar-refractivity contribution is 7.71. The number of aromatic amines is 1. The van der Waals surface area contributed by atoms with Crippen molar-refractivity contribution in [2.24, 2.45) is 0 Å². The van der Waals surface area contributed by atoms with E-state index in [1.165, 1.54) is 24.3 Å². The number of aromatic nitrogens is 2. The third kappa shape index (κ3) is 3.26. The van der Waals surface area contributed by atoms with Crippen molar-refractivity contribution in [1.82, 2.24) is 9.97 Å². The molecule has 2 nitrogen and oxygen atoms in total. The first-order chi connectivity index (χ1) is 8.77. The van der Waals surface area contributed by atoms with Crippen LogP contribution in [-0.2, 0) is 6.18 Å². The van der Waals surface area contributed by atoms with E-state index in [9.17, 15) is 13.2 Å². The van der Waals surface area contributed by atoms with Gasteiger partial charge in [-0.3, -0.25) is 0 Å². The minimum absolute atomic E-state index is 0.111. The zero-order valence-corrected chi connectivity index (χ0v) is 11.4. The Morgan fingerprint density at radius 3 is 2.47 bits per heavy atom. The van der Waals surface area contributed by atoms with Crippen LogP contribution >= 0.6 is 35.4 Å². The van der Waals surface area contributed by atoms with Gasteiger partial charge in [0.05, 0.1) is 5.69 Å². The fraction of sp³-hybridized carbons (Fsp3) is 0.0909. The van der Waals surface area contributed by atoms with Gasteiger partial charge >= 0.3 is 6.18 Å². The molecule has 1 aromatic heterocycles. The van der Waals surface area contributed by atoms with Crippen molar-refractivity contribution in [1.29, 1.82) is 0 Å². The zero-order valence-electron chi connectivity index (χ0n) is 9.05. The molecule has 0 aliphatic rings. The molecule has 0 unspecified atom stereocenters. The minimum atomic E-state index is -4.62. The van der Waals surface area contributed by atoms with Crippen LogP contribution in [-0.4, -0.2) is 9.97 Å². The van der Waals surface area contributed by atoms with Crippen LogP contribution < -0.4 is 0 Å². The number of halogens is 5. The Hall–Kier alpha value is -1.11. The van der Waals surface area contributed by atoms with Crippen molar-refractivity contribution >= 4 is 35.4 Å². The van der Waals surface area contributed by atoms with E-state index in [4.69, 9.17) is 35.4 Å². The summed E-state index contributed by atoms with van der Waals surface area (Å²) in [6, 6.07) is 5.77. The topological polar surface area (TPSA) is 28.7 Å². The smallest absolute Gasteiger partial charge is 0.335 e. The number of rotatable bonds is 1. The van der Waals surface area contributed by atoms with E-state index in [0.717, 1.165) is 0 Å². The number of nitrogens with one attached hydrogen (secondary N) is 1. The second kappa shape index (κ2) is 5.11. The van der Waals surface area contributed by atoms with E-state index in [2.05, 4.69) is 9.97 Å². The molecule has 100 valence electrons. The van der Waals surface area contributed by atoms with Gasteiger partial charge in [0.1, 0.15) is 4.64 Å². The number of hydrogen-bond donors (Lipinski definition) is 1.